The van der Waals surface area contributed by atoms with E-state index in [1.54, 1.807) is 0 Å². The average molecular weight is 325 g/mol. The first-order valence-electron chi connectivity index (χ1n) is 9.00. The van der Waals surface area contributed by atoms with E-state index in [4.69, 9.17) is 0 Å². The van der Waals surface area contributed by atoms with E-state index >= 15 is 0 Å². The highest BCUT2D eigenvalue weighted by Gasteiger charge is 2.26. The Hall–Kier alpha value is -1.76. The molecule has 130 valence electrons. The largest absolute Gasteiger partial charge is 0.507 e. The van der Waals surface area contributed by atoms with Crippen molar-refractivity contribution in [1.82, 2.24) is 0 Å². The minimum absolute atomic E-state index is 0.0560. The first-order valence-corrected chi connectivity index (χ1v) is 9.00. The third-order valence-electron chi connectivity index (χ3n) is 4.56. The van der Waals surface area contributed by atoms with E-state index in [9.17, 15) is 5.11 Å². The average Bonchev–Trinajstić information content (AvgIpc) is 2.47. The van der Waals surface area contributed by atoms with Gasteiger partial charge >= 0.3 is 0 Å². The molecule has 2 aromatic carbocycles. The van der Waals surface area contributed by atoms with Crippen molar-refractivity contribution >= 4 is 0 Å². The maximum absolute atomic E-state index is 10.8. The molecule has 0 unspecified atom stereocenters. The van der Waals surface area contributed by atoms with Crippen molar-refractivity contribution in [3.63, 3.8) is 0 Å². The molecule has 0 spiro atoms. The van der Waals surface area contributed by atoms with Gasteiger partial charge in [0.2, 0.25) is 0 Å². The first kappa shape index (κ1) is 18.6. The number of hydrogen-bond donors (Lipinski definition) is 1. The highest BCUT2D eigenvalue weighted by atomic mass is 16.3. The molecule has 2 aromatic rings. The fourth-order valence-corrected chi connectivity index (χ4v) is 3.12. The summed E-state index contributed by atoms with van der Waals surface area (Å²) in [6.07, 6.45) is 3.26. The van der Waals surface area contributed by atoms with Gasteiger partial charge in [-0.2, -0.15) is 0 Å². The fourth-order valence-electron chi connectivity index (χ4n) is 3.12. The van der Waals surface area contributed by atoms with Crippen molar-refractivity contribution in [1.29, 1.82) is 0 Å². The molecular weight excluding hydrogens is 292 g/mol. The SMILES string of the molecule is CC(C)(C)c1cc(CCCc2ccccc2)cc(C(C)(C)C)c1O. The Morgan fingerprint density at radius 2 is 1.17 bits per heavy atom. The van der Waals surface area contributed by atoms with E-state index in [0.717, 1.165) is 30.4 Å². The summed E-state index contributed by atoms with van der Waals surface area (Å²) >= 11 is 0. The molecule has 1 heteroatoms. The van der Waals surface area contributed by atoms with Crippen LogP contribution in [0, 0.1) is 0 Å². The summed E-state index contributed by atoms with van der Waals surface area (Å²) in [7, 11) is 0. The highest BCUT2D eigenvalue weighted by Crippen LogP contribution is 2.40. The van der Waals surface area contributed by atoms with Crippen LogP contribution in [0.1, 0.15) is 70.2 Å². The van der Waals surface area contributed by atoms with E-state index < -0.39 is 0 Å². The molecule has 0 aromatic heterocycles. The van der Waals surface area contributed by atoms with Crippen molar-refractivity contribution in [3.8, 4) is 5.75 Å². The van der Waals surface area contributed by atoms with Crippen LogP contribution in [0.25, 0.3) is 0 Å². The van der Waals surface area contributed by atoms with Gasteiger partial charge in [0.05, 0.1) is 0 Å². The Labute approximate surface area is 147 Å². The van der Waals surface area contributed by atoms with E-state index in [-0.39, 0.29) is 10.8 Å². The molecule has 0 bridgehead atoms. The Morgan fingerprint density at radius 1 is 0.708 bits per heavy atom. The van der Waals surface area contributed by atoms with Gasteiger partial charge in [-0.05, 0) is 52.3 Å². The molecule has 0 aliphatic rings. The minimum Gasteiger partial charge on any atom is -0.507 e. The van der Waals surface area contributed by atoms with Crippen LogP contribution in [0.2, 0.25) is 0 Å². The molecule has 0 amide bonds. The number of aryl methyl sites for hydroxylation is 2. The molecular formula is C23H32O. The van der Waals surface area contributed by atoms with Gasteiger partial charge < -0.3 is 5.11 Å². The van der Waals surface area contributed by atoms with Gasteiger partial charge in [-0.25, -0.2) is 0 Å². The molecule has 0 heterocycles. The molecule has 0 aliphatic carbocycles. The Balaban J connectivity index is 2.26. The van der Waals surface area contributed by atoms with Crippen LogP contribution in [0.4, 0.5) is 0 Å². The predicted octanol–water partition coefficient (Wildman–Crippen LogP) is 6.16. The smallest absolute Gasteiger partial charge is 0.123 e. The zero-order valence-corrected chi connectivity index (χ0v) is 16.1. The van der Waals surface area contributed by atoms with E-state index in [1.807, 2.05) is 0 Å². The molecule has 1 N–H and O–H groups in total. The summed E-state index contributed by atoms with van der Waals surface area (Å²) in [4.78, 5) is 0. The van der Waals surface area contributed by atoms with Gasteiger partial charge in [-0.15, -0.1) is 0 Å². The molecule has 0 radical (unpaired) electrons. The summed E-state index contributed by atoms with van der Waals surface area (Å²) in [6, 6.07) is 15.1. The van der Waals surface area contributed by atoms with Crippen LogP contribution < -0.4 is 0 Å². The maximum Gasteiger partial charge on any atom is 0.123 e. The van der Waals surface area contributed by atoms with Crippen LogP contribution >= 0.6 is 0 Å². The second kappa shape index (κ2) is 7.01. The summed E-state index contributed by atoms with van der Waals surface area (Å²) in [5.41, 5.74) is 4.73. The monoisotopic (exact) mass is 324 g/mol. The predicted molar refractivity (Wildman–Crippen MR) is 104 cm³/mol. The van der Waals surface area contributed by atoms with Gasteiger partial charge in [0.25, 0.3) is 0 Å². The Morgan fingerprint density at radius 3 is 1.62 bits per heavy atom. The topological polar surface area (TPSA) is 20.2 Å². The number of phenols is 1. The van der Waals surface area contributed by atoms with Crippen molar-refractivity contribution in [2.24, 2.45) is 0 Å². The quantitative estimate of drug-likeness (QED) is 0.713. The third kappa shape index (κ3) is 4.63. The van der Waals surface area contributed by atoms with Gasteiger partial charge in [-0.3, -0.25) is 0 Å². The number of rotatable bonds is 4. The van der Waals surface area contributed by atoms with Gasteiger partial charge in [0, 0.05) is 0 Å². The van der Waals surface area contributed by atoms with Crippen LogP contribution in [-0.2, 0) is 23.7 Å². The molecule has 1 nitrogen and oxygen atoms in total. The van der Waals surface area contributed by atoms with Crippen molar-refractivity contribution in [2.45, 2.75) is 71.6 Å². The second-order valence-electron chi connectivity index (χ2n) is 8.88. The van der Waals surface area contributed by atoms with Crippen molar-refractivity contribution in [2.75, 3.05) is 0 Å². The number of aromatic hydroxyl groups is 1. The minimum atomic E-state index is -0.0560. The lowest BCUT2D eigenvalue weighted by Gasteiger charge is -2.28. The lowest BCUT2D eigenvalue weighted by molar-refractivity contribution is 0.422. The Kier molecular flexibility index (Phi) is 5.42. The van der Waals surface area contributed by atoms with Gasteiger partial charge in [0.1, 0.15) is 5.75 Å². The molecule has 2 rings (SSSR count). The maximum atomic E-state index is 10.8. The summed E-state index contributed by atoms with van der Waals surface area (Å²) < 4.78 is 0. The Bertz CT molecular complexity index is 634. The first-order chi connectivity index (χ1) is 11.1. The molecule has 24 heavy (non-hydrogen) atoms. The van der Waals surface area contributed by atoms with E-state index in [2.05, 4.69) is 84.0 Å². The molecule has 0 saturated heterocycles. The fraction of sp³-hybridized carbons (Fsp3) is 0.478. The summed E-state index contributed by atoms with van der Waals surface area (Å²) in [5.74, 6) is 0.474. The van der Waals surface area contributed by atoms with Crippen LogP contribution in [-0.4, -0.2) is 5.11 Å². The third-order valence-corrected chi connectivity index (χ3v) is 4.56. The summed E-state index contributed by atoms with van der Waals surface area (Å²) in [6.45, 7) is 13.0. The molecule has 0 aliphatic heterocycles. The molecule has 0 fully saturated rings. The number of benzene rings is 2. The normalized spacial score (nSPS) is 12.4. The lowest BCUT2D eigenvalue weighted by atomic mass is 9.78. The van der Waals surface area contributed by atoms with E-state index in [0.29, 0.717) is 5.75 Å². The van der Waals surface area contributed by atoms with E-state index in [1.165, 1.54) is 11.1 Å². The molecule has 0 atom stereocenters. The zero-order valence-electron chi connectivity index (χ0n) is 16.1. The number of hydrogen-bond acceptors (Lipinski definition) is 1. The number of phenolic OH excluding ortho intramolecular Hbond substituents is 1. The van der Waals surface area contributed by atoms with Crippen LogP contribution in [0.15, 0.2) is 42.5 Å². The highest BCUT2D eigenvalue weighted by molar-refractivity contribution is 5.49. The van der Waals surface area contributed by atoms with Gasteiger partial charge in [-0.1, -0.05) is 84.0 Å². The van der Waals surface area contributed by atoms with Crippen molar-refractivity contribution < 1.29 is 5.11 Å². The second-order valence-corrected chi connectivity index (χ2v) is 8.88. The van der Waals surface area contributed by atoms with Crippen LogP contribution in [0.5, 0.6) is 5.75 Å². The van der Waals surface area contributed by atoms with Crippen molar-refractivity contribution in [3.05, 3.63) is 64.7 Å². The van der Waals surface area contributed by atoms with Crippen LogP contribution in [0.3, 0.4) is 0 Å². The van der Waals surface area contributed by atoms with Gasteiger partial charge in [0.15, 0.2) is 0 Å². The summed E-state index contributed by atoms with van der Waals surface area (Å²) in [5, 5.41) is 10.8. The lowest BCUT2D eigenvalue weighted by Crippen LogP contribution is -2.18. The standard InChI is InChI=1S/C23H32O/c1-22(2,3)19-15-18(16-20(21(19)24)23(4,5)6)14-10-13-17-11-8-7-9-12-17/h7-9,11-12,15-16,24H,10,13-14H2,1-6H3. The zero-order chi connectivity index (χ0) is 18.0. The molecule has 0 saturated carbocycles.